The molecular formula is C22H22Cl2Ti-2. The molecule has 0 radical (unpaired) electrons. The molecule has 0 aromatic heterocycles. The maximum absolute atomic E-state index is 5.34. The molecule has 0 fully saturated rings. The van der Waals surface area contributed by atoms with E-state index in [1.54, 1.807) is 0 Å². The second-order valence-corrected chi connectivity index (χ2v) is 11.7. The van der Waals surface area contributed by atoms with Gasteiger partial charge in [-0.25, -0.2) is 0 Å². The second kappa shape index (κ2) is 10.1. The molecule has 0 N–H and O–H groups in total. The van der Waals surface area contributed by atoms with E-state index < -0.39 is 15.3 Å². The first-order valence-corrected chi connectivity index (χ1v) is 13.4. The first-order valence-electron chi connectivity index (χ1n) is 8.22. The van der Waals surface area contributed by atoms with Gasteiger partial charge in [0.15, 0.2) is 0 Å². The van der Waals surface area contributed by atoms with Crippen molar-refractivity contribution in [3.8, 4) is 0 Å². The van der Waals surface area contributed by atoms with E-state index in [-0.39, 0.29) is 0 Å². The Kier molecular flexibility index (Phi) is 8.13. The molecule has 25 heavy (non-hydrogen) atoms. The normalized spacial score (nSPS) is 9.80. The molecule has 0 bridgehead atoms. The van der Waals surface area contributed by atoms with E-state index in [0.29, 0.717) is 0 Å². The molecule has 0 aliphatic heterocycles. The quantitative estimate of drug-likeness (QED) is 0.210. The molecule has 0 spiro atoms. The first-order chi connectivity index (χ1) is 12.0. The van der Waals surface area contributed by atoms with Gasteiger partial charge >= 0.3 is 45.1 Å². The average molecular weight is 405 g/mol. The van der Waals surface area contributed by atoms with E-state index in [0.717, 1.165) is 0 Å². The summed E-state index contributed by atoms with van der Waals surface area (Å²) in [6, 6.07) is 25.5. The van der Waals surface area contributed by atoms with Crippen LogP contribution in [0.5, 0.6) is 0 Å². The Bertz CT molecular complexity index is 884. The van der Waals surface area contributed by atoms with Gasteiger partial charge in [0.05, 0.1) is 0 Å². The smallest absolute Gasteiger partial charge is 0.0488 e. The van der Waals surface area contributed by atoms with E-state index in [1.807, 2.05) is 11.2 Å². The topological polar surface area (TPSA) is 0 Å². The van der Waals surface area contributed by atoms with Crippen molar-refractivity contribution < 1.29 is 15.3 Å². The molecule has 0 heterocycles. The molecule has 0 atom stereocenters. The predicted octanol–water partition coefficient (Wildman–Crippen LogP) is 7.47. The SMILES string of the molecule is C[CH]=[Ti]([Cl])[Cl].Cc1cccc2[cH-]ccc12.Cc1cccc2[cH-]ccc12. The zero-order valence-electron chi connectivity index (χ0n) is 14.8. The summed E-state index contributed by atoms with van der Waals surface area (Å²) in [6.07, 6.45) is 0. The maximum atomic E-state index is 5.34. The van der Waals surface area contributed by atoms with E-state index in [1.165, 1.54) is 32.7 Å². The molecule has 0 nitrogen and oxygen atoms in total. The van der Waals surface area contributed by atoms with E-state index in [9.17, 15) is 0 Å². The van der Waals surface area contributed by atoms with Crippen molar-refractivity contribution in [2.45, 2.75) is 20.8 Å². The van der Waals surface area contributed by atoms with Crippen LogP contribution in [-0.4, -0.2) is 4.31 Å². The molecule has 0 saturated heterocycles. The van der Waals surface area contributed by atoms with Crippen LogP contribution in [0, 0.1) is 13.8 Å². The van der Waals surface area contributed by atoms with Crippen LogP contribution in [-0.2, 0) is 15.3 Å². The third-order valence-corrected chi connectivity index (χ3v) is 6.49. The number of fused-ring (bicyclic) bond motifs is 2. The van der Waals surface area contributed by atoms with Crippen molar-refractivity contribution in [3.63, 3.8) is 0 Å². The third-order valence-electron chi connectivity index (χ3n) is 4.01. The minimum absolute atomic E-state index is 1.35. The summed E-state index contributed by atoms with van der Waals surface area (Å²) in [5.41, 5.74) is 2.73. The van der Waals surface area contributed by atoms with Gasteiger partial charge < -0.3 is 0 Å². The van der Waals surface area contributed by atoms with Gasteiger partial charge in [0.25, 0.3) is 0 Å². The Labute approximate surface area is 163 Å². The van der Waals surface area contributed by atoms with Crippen molar-refractivity contribution in [2.24, 2.45) is 0 Å². The van der Waals surface area contributed by atoms with Crippen molar-refractivity contribution in [1.29, 1.82) is 0 Å². The molecule has 0 aliphatic rings. The van der Waals surface area contributed by atoms with Crippen LogP contribution in [0.4, 0.5) is 0 Å². The number of hydrogen-bond acceptors (Lipinski definition) is 0. The van der Waals surface area contributed by atoms with Crippen molar-refractivity contribution >= 4 is 44.5 Å². The van der Waals surface area contributed by atoms with Crippen molar-refractivity contribution in [1.82, 2.24) is 0 Å². The van der Waals surface area contributed by atoms with E-state index >= 15 is 0 Å². The Hall–Kier alpha value is -1.18. The molecule has 0 saturated carbocycles. The number of aryl methyl sites for hydroxylation is 2. The second-order valence-electron chi connectivity index (χ2n) is 5.79. The van der Waals surface area contributed by atoms with Crippen LogP contribution in [0.15, 0.2) is 72.8 Å². The molecule has 0 unspecified atom stereocenters. The third kappa shape index (κ3) is 5.94. The summed E-state index contributed by atoms with van der Waals surface area (Å²) in [5.74, 6) is 0. The van der Waals surface area contributed by atoms with E-state index in [4.69, 9.17) is 18.6 Å². The van der Waals surface area contributed by atoms with Crippen molar-refractivity contribution in [2.75, 3.05) is 0 Å². The van der Waals surface area contributed by atoms with Crippen LogP contribution >= 0.6 is 18.6 Å². The van der Waals surface area contributed by atoms with Crippen LogP contribution in [0.3, 0.4) is 0 Å². The van der Waals surface area contributed by atoms with Crippen LogP contribution < -0.4 is 0 Å². The zero-order valence-corrected chi connectivity index (χ0v) is 17.8. The summed E-state index contributed by atoms with van der Waals surface area (Å²) in [6.45, 7) is 6.17. The number of halogens is 2. The Morgan fingerprint density at radius 2 is 1.16 bits per heavy atom. The van der Waals surface area contributed by atoms with Gasteiger partial charge in [0.2, 0.25) is 0 Å². The molecule has 0 aliphatic carbocycles. The molecule has 4 aromatic rings. The molecule has 130 valence electrons. The van der Waals surface area contributed by atoms with Crippen LogP contribution in [0.1, 0.15) is 18.1 Å². The summed E-state index contributed by atoms with van der Waals surface area (Å²) in [7, 11) is 10.7. The molecule has 4 aromatic carbocycles. The van der Waals surface area contributed by atoms with Gasteiger partial charge in [-0.05, 0) is 13.8 Å². The minimum atomic E-state index is -1.54. The fourth-order valence-electron chi connectivity index (χ4n) is 2.65. The van der Waals surface area contributed by atoms with Gasteiger partial charge in [0, 0.05) is 0 Å². The fraction of sp³-hybridized carbons (Fsp3) is 0.136. The van der Waals surface area contributed by atoms with E-state index in [2.05, 4.69) is 86.6 Å². The molecule has 3 heteroatoms. The molecule has 4 rings (SSSR count). The van der Waals surface area contributed by atoms with Crippen LogP contribution in [0.25, 0.3) is 21.5 Å². The standard InChI is InChI=1S/2C10H9.C2H4.2ClH.Ti/c2*1-8-4-2-5-9-6-3-7-10(8)9;1-2;;;/h2*2-7H,1H3;1H,2H3;2*1H;/q2*-1;;;;+2/p-2. The van der Waals surface area contributed by atoms with Gasteiger partial charge in [0.1, 0.15) is 0 Å². The van der Waals surface area contributed by atoms with Gasteiger partial charge in [-0.1, -0.05) is 23.3 Å². The summed E-state index contributed by atoms with van der Waals surface area (Å²) in [5, 5.41) is 5.45. The van der Waals surface area contributed by atoms with Crippen molar-refractivity contribution in [3.05, 3.63) is 83.9 Å². The van der Waals surface area contributed by atoms with Gasteiger partial charge in [-0.3, -0.25) is 0 Å². The summed E-state index contributed by atoms with van der Waals surface area (Å²) in [4.78, 5) is 0. The van der Waals surface area contributed by atoms with Gasteiger partial charge in [-0.15, -0.1) is 57.9 Å². The number of rotatable bonds is 0. The first kappa shape index (κ1) is 20.1. The molecule has 0 amide bonds. The largest absolute Gasteiger partial charge is 0.168 e. The van der Waals surface area contributed by atoms with Crippen LogP contribution in [0.2, 0.25) is 0 Å². The fourth-order valence-corrected chi connectivity index (χ4v) is 2.65. The Morgan fingerprint density at radius 3 is 1.48 bits per heavy atom. The average Bonchev–Trinajstić information content (AvgIpc) is 3.26. The summed E-state index contributed by atoms with van der Waals surface area (Å²) < 4.78 is 1.86. The Morgan fingerprint density at radius 1 is 0.760 bits per heavy atom. The zero-order chi connectivity index (χ0) is 18.2. The molecular weight excluding hydrogens is 383 g/mol. The minimum Gasteiger partial charge on any atom is -0.168 e. The Balaban J connectivity index is 0.000000144. The number of benzene rings is 2. The maximum Gasteiger partial charge on any atom is -0.0488 e. The summed E-state index contributed by atoms with van der Waals surface area (Å²) >= 11 is -1.54. The predicted molar refractivity (Wildman–Crippen MR) is 112 cm³/mol. The monoisotopic (exact) mass is 404 g/mol. The van der Waals surface area contributed by atoms with Gasteiger partial charge in [-0.2, -0.15) is 24.3 Å². The number of hydrogen-bond donors (Lipinski definition) is 0.